The Hall–Kier alpha value is -2.60. The Balaban J connectivity index is 1.63. The van der Waals surface area contributed by atoms with Crippen LogP contribution in [0.1, 0.15) is 40.7 Å². The van der Waals surface area contributed by atoms with Crippen LogP contribution in [0.3, 0.4) is 0 Å². The third-order valence-corrected chi connectivity index (χ3v) is 4.77. The van der Waals surface area contributed by atoms with Crippen LogP contribution in [0.25, 0.3) is 0 Å². The second-order valence-corrected chi connectivity index (χ2v) is 7.28. The van der Waals surface area contributed by atoms with Crippen LogP contribution in [0, 0.1) is 6.92 Å². The molecule has 0 aliphatic rings. The molecule has 0 saturated heterocycles. The number of aromatic nitrogens is 1. The van der Waals surface area contributed by atoms with E-state index >= 15 is 0 Å². The summed E-state index contributed by atoms with van der Waals surface area (Å²) in [5, 5.41) is 2.86. The number of furan rings is 1. The molecule has 5 nitrogen and oxygen atoms in total. The van der Waals surface area contributed by atoms with Gasteiger partial charge in [0.05, 0.1) is 18.5 Å². The highest BCUT2D eigenvalue weighted by Gasteiger charge is 2.22. The number of amides is 1. The van der Waals surface area contributed by atoms with Crippen molar-refractivity contribution in [3.05, 3.63) is 70.1 Å². The minimum absolute atomic E-state index is 0.0429. The molecule has 0 fully saturated rings. The first-order valence-electron chi connectivity index (χ1n) is 8.50. The average molecular weight is 370 g/mol. The number of carbonyl (C=O) groups excluding carboxylic acids is 1. The van der Waals surface area contributed by atoms with Crippen LogP contribution in [0.2, 0.25) is 0 Å². The minimum Gasteiger partial charge on any atom is -0.486 e. The Morgan fingerprint density at radius 3 is 2.85 bits per heavy atom. The molecular weight excluding hydrogens is 348 g/mol. The van der Waals surface area contributed by atoms with Crippen molar-refractivity contribution in [1.82, 2.24) is 9.88 Å². The lowest BCUT2D eigenvalue weighted by atomic mass is 10.2. The van der Waals surface area contributed by atoms with E-state index < -0.39 is 0 Å². The lowest BCUT2D eigenvalue weighted by Crippen LogP contribution is -2.36. The number of aryl methyl sites for hydroxylation is 1. The largest absolute Gasteiger partial charge is 0.486 e. The summed E-state index contributed by atoms with van der Waals surface area (Å²) in [6.45, 7) is 6.86. The zero-order chi connectivity index (χ0) is 18.5. The van der Waals surface area contributed by atoms with E-state index in [0.717, 1.165) is 22.0 Å². The van der Waals surface area contributed by atoms with Gasteiger partial charge in [0.2, 0.25) is 0 Å². The molecule has 3 aromatic rings. The Bertz CT molecular complexity index is 856. The summed E-state index contributed by atoms with van der Waals surface area (Å²) in [6, 6.07) is 11.4. The van der Waals surface area contributed by atoms with Crippen molar-refractivity contribution in [1.29, 1.82) is 0 Å². The van der Waals surface area contributed by atoms with Gasteiger partial charge in [-0.15, -0.1) is 11.3 Å². The van der Waals surface area contributed by atoms with Crippen LogP contribution in [0.15, 0.2) is 52.5 Å². The number of rotatable bonds is 7. The number of hydrogen-bond acceptors (Lipinski definition) is 5. The van der Waals surface area contributed by atoms with Gasteiger partial charge in [-0.25, -0.2) is 4.98 Å². The predicted molar refractivity (Wildman–Crippen MR) is 101 cm³/mol. The molecule has 136 valence electrons. The molecule has 0 radical (unpaired) electrons. The highest BCUT2D eigenvalue weighted by molar-refractivity contribution is 7.09. The van der Waals surface area contributed by atoms with Crippen molar-refractivity contribution in [2.24, 2.45) is 0 Å². The first kappa shape index (κ1) is 18.2. The first-order valence-corrected chi connectivity index (χ1v) is 9.38. The molecule has 0 N–H and O–H groups in total. The summed E-state index contributed by atoms with van der Waals surface area (Å²) in [7, 11) is 0. The smallest absolute Gasteiger partial charge is 0.290 e. The van der Waals surface area contributed by atoms with E-state index in [1.807, 2.05) is 50.4 Å². The van der Waals surface area contributed by atoms with Gasteiger partial charge in [-0.05, 0) is 50.6 Å². The van der Waals surface area contributed by atoms with Crippen molar-refractivity contribution in [3.8, 4) is 5.75 Å². The van der Waals surface area contributed by atoms with Crippen LogP contribution >= 0.6 is 11.3 Å². The summed E-state index contributed by atoms with van der Waals surface area (Å²) in [4.78, 5) is 18.9. The molecule has 0 aliphatic carbocycles. The van der Waals surface area contributed by atoms with Gasteiger partial charge >= 0.3 is 0 Å². The van der Waals surface area contributed by atoms with E-state index in [1.54, 1.807) is 17.0 Å². The van der Waals surface area contributed by atoms with Crippen LogP contribution in [0.4, 0.5) is 0 Å². The van der Waals surface area contributed by atoms with E-state index in [2.05, 4.69) is 4.98 Å². The van der Waals surface area contributed by atoms with E-state index in [9.17, 15) is 4.79 Å². The van der Waals surface area contributed by atoms with Crippen molar-refractivity contribution >= 4 is 17.2 Å². The van der Waals surface area contributed by atoms with Gasteiger partial charge in [0.15, 0.2) is 5.76 Å². The summed E-state index contributed by atoms with van der Waals surface area (Å²) in [6.07, 6.45) is 1.51. The van der Waals surface area contributed by atoms with Crippen LogP contribution in [0.5, 0.6) is 5.75 Å². The summed E-state index contributed by atoms with van der Waals surface area (Å²) in [5.74, 6) is 1.05. The number of ether oxygens (including phenoxy) is 1. The molecule has 3 rings (SSSR count). The zero-order valence-corrected chi connectivity index (χ0v) is 16.0. The standard InChI is InChI=1S/C20H22N2O3S/c1-14(2)22(20(23)18-8-5-9-24-18)11-16-13-26-19(21-16)12-25-17-7-4-6-15(3)10-17/h4-10,13-14H,11-12H2,1-3H3. The molecule has 1 amide bonds. The number of carbonyl (C=O) groups is 1. The minimum atomic E-state index is -0.129. The fraction of sp³-hybridized carbons (Fsp3) is 0.300. The Kier molecular flexibility index (Phi) is 5.73. The van der Waals surface area contributed by atoms with Crippen molar-refractivity contribution in [2.45, 2.75) is 40.0 Å². The quantitative estimate of drug-likeness (QED) is 0.606. The third-order valence-electron chi connectivity index (χ3n) is 3.90. The number of hydrogen-bond donors (Lipinski definition) is 0. The zero-order valence-electron chi connectivity index (χ0n) is 15.1. The second kappa shape index (κ2) is 8.19. The second-order valence-electron chi connectivity index (χ2n) is 6.34. The number of benzene rings is 1. The van der Waals surface area contributed by atoms with Crippen molar-refractivity contribution < 1.29 is 13.9 Å². The van der Waals surface area contributed by atoms with Gasteiger partial charge < -0.3 is 14.1 Å². The molecule has 0 saturated carbocycles. The SMILES string of the molecule is Cc1cccc(OCc2nc(CN(C(=O)c3ccco3)C(C)C)cs2)c1. The van der Waals surface area contributed by atoms with Gasteiger partial charge in [0.1, 0.15) is 17.4 Å². The van der Waals surface area contributed by atoms with Gasteiger partial charge in [0, 0.05) is 11.4 Å². The van der Waals surface area contributed by atoms with E-state index in [0.29, 0.717) is 18.9 Å². The molecule has 2 heterocycles. The lowest BCUT2D eigenvalue weighted by molar-refractivity contribution is 0.0655. The molecule has 0 unspecified atom stereocenters. The lowest BCUT2D eigenvalue weighted by Gasteiger charge is -2.24. The normalized spacial score (nSPS) is 10.9. The Morgan fingerprint density at radius 2 is 2.15 bits per heavy atom. The van der Waals surface area contributed by atoms with Gasteiger partial charge in [-0.2, -0.15) is 0 Å². The molecule has 0 aliphatic heterocycles. The maximum Gasteiger partial charge on any atom is 0.290 e. The molecule has 6 heteroatoms. The Labute approximate surface area is 157 Å². The first-order chi connectivity index (χ1) is 12.5. The van der Waals surface area contributed by atoms with Crippen molar-refractivity contribution in [3.63, 3.8) is 0 Å². The fourth-order valence-electron chi connectivity index (χ4n) is 2.54. The van der Waals surface area contributed by atoms with Gasteiger partial charge in [-0.3, -0.25) is 4.79 Å². The highest BCUT2D eigenvalue weighted by atomic mass is 32.1. The summed E-state index contributed by atoms with van der Waals surface area (Å²) >= 11 is 1.54. The maximum atomic E-state index is 12.6. The van der Waals surface area contributed by atoms with E-state index in [1.165, 1.54) is 17.6 Å². The highest BCUT2D eigenvalue weighted by Crippen LogP contribution is 2.19. The number of thiazole rings is 1. The average Bonchev–Trinajstić information content (AvgIpc) is 3.29. The van der Waals surface area contributed by atoms with E-state index in [4.69, 9.17) is 9.15 Å². The number of nitrogens with zero attached hydrogens (tertiary/aromatic N) is 2. The molecule has 2 aromatic heterocycles. The molecule has 1 aromatic carbocycles. The van der Waals surface area contributed by atoms with E-state index in [-0.39, 0.29) is 11.9 Å². The summed E-state index contributed by atoms with van der Waals surface area (Å²) < 4.78 is 11.0. The molecule has 26 heavy (non-hydrogen) atoms. The molecular formula is C20H22N2O3S. The maximum absolute atomic E-state index is 12.6. The van der Waals surface area contributed by atoms with Crippen LogP contribution < -0.4 is 4.74 Å². The molecule has 0 bridgehead atoms. The topological polar surface area (TPSA) is 55.6 Å². The van der Waals surface area contributed by atoms with Gasteiger partial charge in [0.25, 0.3) is 5.91 Å². The van der Waals surface area contributed by atoms with Crippen LogP contribution in [-0.2, 0) is 13.2 Å². The monoisotopic (exact) mass is 370 g/mol. The summed E-state index contributed by atoms with van der Waals surface area (Å²) in [5.41, 5.74) is 2.01. The van der Waals surface area contributed by atoms with Crippen LogP contribution in [-0.4, -0.2) is 21.8 Å². The third kappa shape index (κ3) is 4.52. The van der Waals surface area contributed by atoms with Crippen molar-refractivity contribution in [2.75, 3.05) is 0 Å². The Morgan fingerprint density at radius 1 is 1.31 bits per heavy atom. The molecule has 0 atom stereocenters. The predicted octanol–water partition coefficient (Wildman–Crippen LogP) is 4.67. The fourth-order valence-corrected chi connectivity index (χ4v) is 3.24. The van der Waals surface area contributed by atoms with Gasteiger partial charge in [-0.1, -0.05) is 12.1 Å². The molecule has 0 spiro atoms.